The summed E-state index contributed by atoms with van der Waals surface area (Å²) in [5.41, 5.74) is 0.830. The van der Waals surface area contributed by atoms with Crippen molar-refractivity contribution in [1.82, 2.24) is 0 Å². The third kappa shape index (κ3) is 1.61. The standard InChI is InChI=1S/C7H8OS2/c1-2-9-7-6(5-8)3-4-10-7/h3-5H,2H2,1H3. The van der Waals surface area contributed by atoms with E-state index in [0.717, 1.165) is 21.8 Å². The number of rotatable bonds is 3. The second-order valence-electron chi connectivity index (χ2n) is 1.71. The summed E-state index contributed by atoms with van der Waals surface area (Å²) in [6.45, 7) is 2.08. The Balaban J connectivity index is 2.79. The third-order valence-corrected chi connectivity index (χ3v) is 3.21. The van der Waals surface area contributed by atoms with Gasteiger partial charge in [0, 0.05) is 5.56 Å². The molecule has 0 aliphatic carbocycles. The molecule has 0 amide bonds. The van der Waals surface area contributed by atoms with Gasteiger partial charge in [-0.1, -0.05) is 6.92 Å². The molecule has 10 heavy (non-hydrogen) atoms. The van der Waals surface area contributed by atoms with E-state index in [1.165, 1.54) is 0 Å². The van der Waals surface area contributed by atoms with Gasteiger partial charge in [-0.2, -0.15) is 0 Å². The van der Waals surface area contributed by atoms with Crippen LogP contribution in [0.5, 0.6) is 0 Å². The summed E-state index contributed by atoms with van der Waals surface area (Å²) in [6.07, 6.45) is 0.911. The van der Waals surface area contributed by atoms with Gasteiger partial charge in [0.1, 0.15) is 0 Å². The fourth-order valence-electron chi connectivity index (χ4n) is 0.641. The molecule has 0 atom stereocenters. The number of hydrogen-bond donors (Lipinski definition) is 0. The maximum absolute atomic E-state index is 10.4. The molecule has 3 heteroatoms. The molecule has 0 spiro atoms. The van der Waals surface area contributed by atoms with Crippen LogP contribution in [0.2, 0.25) is 0 Å². The summed E-state index contributed by atoms with van der Waals surface area (Å²) >= 11 is 3.35. The number of thioether (sulfide) groups is 1. The zero-order valence-electron chi connectivity index (χ0n) is 5.66. The van der Waals surface area contributed by atoms with E-state index >= 15 is 0 Å². The number of carbonyl (C=O) groups excluding carboxylic acids is 1. The van der Waals surface area contributed by atoms with E-state index in [-0.39, 0.29) is 0 Å². The molecule has 0 radical (unpaired) electrons. The van der Waals surface area contributed by atoms with Crippen molar-refractivity contribution < 1.29 is 4.79 Å². The van der Waals surface area contributed by atoms with E-state index in [4.69, 9.17) is 0 Å². The van der Waals surface area contributed by atoms with E-state index in [0.29, 0.717) is 0 Å². The fourth-order valence-corrected chi connectivity index (χ4v) is 2.57. The summed E-state index contributed by atoms with van der Waals surface area (Å²) in [6, 6.07) is 1.86. The highest BCUT2D eigenvalue weighted by molar-refractivity contribution is 8.01. The monoisotopic (exact) mass is 172 g/mol. The minimum Gasteiger partial charge on any atom is -0.298 e. The van der Waals surface area contributed by atoms with Crippen LogP contribution in [0.3, 0.4) is 0 Å². The lowest BCUT2D eigenvalue weighted by Crippen LogP contribution is -1.75. The number of hydrogen-bond acceptors (Lipinski definition) is 3. The van der Waals surface area contributed by atoms with E-state index in [1.807, 2.05) is 11.4 Å². The molecule has 0 unspecified atom stereocenters. The molecule has 1 rings (SSSR count). The first-order valence-electron chi connectivity index (χ1n) is 3.04. The van der Waals surface area contributed by atoms with Crippen LogP contribution in [-0.4, -0.2) is 12.0 Å². The zero-order chi connectivity index (χ0) is 7.40. The lowest BCUT2D eigenvalue weighted by atomic mass is 10.4. The van der Waals surface area contributed by atoms with Crippen molar-refractivity contribution in [3.63, 3.8) is 0 Å². The highest BCUT2D eigenvalue weighted by Crippen LogP contribution is 2.26. The molecular weight excluding hydrogens is 164 g/mol. The van der Waals surface area contributed by atoms with E-state index in [9.17, 15) is 4.79 Å². The molecule has 0 saturated carbocycles. The van der Waals surface area contributed by atoms with Crippen molar-refractivity contribution in [2.75, 3.05) is 5.75 Å². The Kier molecular flexibility index (Phi) is 2.96. The summed E-state index contributed by atoms with van der Waals surface area (Å²) in [5, 5.41) is 1.95. The molecule has 0 aliphatic rings. The smallest absolute Gasteiger partial charge is 0.152 e. The minimum absolute atomic E-state index is 0.830. The van der Waals surface area contributed by atoms with Crippen molar-refractivity contribution in [2.45, 2.75) is 11.1 Å². The van der Waals surface area contributed by atoms with Crippen LogP contribution in [0.25, 0.3) is 0 Å². The van der Waals surface area contributed by atoms with Gasteiger partial charge in [-0.05, 0) is 17.2 Å². The molecule has 1 aromatic heterocycles. The highest BCUT2D eigenvalue weighted by atomic mass is 32.2. The Morgan fingerprint density at radius 3 is 3.20 bits per heavy atom. The fraction of sp³-hybridized carbons (Fsp3) is 0.286. The van der Waals surface area contributed by atoms with E-state index in [1.54, 1.807) is 23.1 Å². The maximum Gasteiger partial charge on any atom is 0.152 e. The Morgan fingerprint density at radius 1 is 1.80 bits per heavy atom. The molecule has 0 saturated heterocycles. The minimum atomic E-state index is 0.830. The van der Waals surface area contributed by atoms with Gasteiger partial charge in [-0.25, -0.2) is 0 Å². The van der Waals surface area contributed by atoms with Crippen molar-refractivity contribution >= 4 is 29.4 Å². The molecular formula is C7H8OS2. The van der Waals surface area contributed by atoms with E-state index < -0.39 is 0 Å². The van der Waals surface area contributed by atoms with Crippen molar-refractivity contribution in [3.8, 4) is 0 Å². The molecule has 1 nitrogen and oxygen atoms in total. The second kappa shape index (κ2) is 3.78. The van der Waals surface area contributed by atoms with Gasteiger partial charge in [-0.3, -0.25) is 4.79 Å². The summed E-state index contributed by atoms with van der Waals surface area (Å²) < 4.78 is 1.14. The predicted octanol–water partition coefficient (Wildman–Crippen LogP) is 2.67. The average Bonchev–Trinajstić information content (AvgIpc) is 2.36. The van der Waals surface area contributed by atoms with Crippen LogP contribution in [-0.2, 0) is 0 Å². The van der Waals surface area contributed by atoms with Crippen LogP contribution < -0.4 is 0 Å². The molecule has 0 aromatic carbocycles. The first kappa shape index (κ1) is 7.82. The van der Waals surface area contributed by atoms with Crippen LogP contribution in [0.1, 0.15) is 17.3 Å². The molecule has 54 valence electrons. The summed E-state index contributed by atoms with van der Waals surface area (Å²) in [4.78, 5) is 10.4. The highest BCUT2D eigenvalue weighted by Gasteiger charge is 2.00. The molecule has 0 N–H and O–H groups in total. The average molecular weight is 172 g/mol. The lowest BCUT2D eigenvalue weighted by Gasteiger charge is -1.91. The molecule has 0 bridgehead atoms. The van der Waals surface area contributed by atoms with Gasteiger partial charge >= 0.3 is 0 Å². The molecule has 1 aromatic rings. The maximum atomic E-state index is 10.4. The largest absolute Gasteiger partial charge is 0.298 e. The first-order chi connectivity index (χ1) is 4.88. The molecule has 1 heterocycles. The number of carbonyl (C=O) groups is 1. The Bertz CT molecular complexity index is 217. The van der Waals surface area contributed by atoms with Crippen LogP contribution >= 0.6 is 23.1 Å². The zero-order valence-corrected chi connectivity index (χ0v) is 7.30. The van der Waals surface area contributed by atoms with Gasteiger partial charge < -0.3 is 0 Å². The van der Waals surface area contributed by atoms with Crippen molar-refractivity contribution in [2.24, 2.45) is 0 Å². The summed E-state index contributed by atoms with van der Waals surface area (Å²) in [7, 11) is 0. The van der Waals surface area contributed by atoms with E-state index in [2.05, 4.69) is 6.92 Å². The van der Waals surface area contributed by atoms with Crippen molar-refractivity contribution in [3.05, 3.63) is 17.0 Å². The van der Waals surface area contributed by atoms with Crippen molar-refractivity contribution in [1.29, 1.82) is 0 Å². The quantitative estimate of drug-likeness (QED) is 0.515. The van der Waals surface area contributed by atoms with Gasteiger partial charge in [-0.15, -0.1) is 23.1 Å². The van der Waals surface area contributed by atoms with Gasteiger partial charge in [0.25, 0.3) is 0 Å². The SMILES string of the molecule is CCSc1sccc1C=O. The normalized spacial score (nSPS) is 9.70. The van der Waals surface area contributed by atoms with Crippen LogP contribution in [0.15, 0.2) is 15.7 Å². The lowest BCUT2D eigenvalue weighted by molar-refractivity contribution is 0.112. The van der Waals surface area contributed by atoms with Gasteiger partial charge in [0.15, 0.2) is 6.29 Å². The molecule has 0 fully saturated rings. The van der Waals surface area contributed by atoms with Gasteiger partial charge in [0.2, 0.25) is 0 Å². The number of thiophene rings is 1. The number of aldehydes is 1. The Morgan fingerprint density at radius 2 is 2.60 bits per heavy atom. The third-order valence-electron chi connectivity index (χ3n) is 1.06. The Labute approximate surface area is 68.5 Å². The second-order valence-corrected chi connectivity index (χ2v) is 4.16. The first-order valence-corrected chi connectivity index (χ1v) is 4.90. The van der Waals surface area contributed by atoms with Crippen LogP contribution in [0.4, 0.5) is 0 Å². The Hall–Kier alpha value is -0.280. The topological polar surface area (TPSA) is 17.1 Å². The van der Waals surface area contributed by atoms with Gasteiger partial charge in [0.05, 0.1) is 4.21 Å². The predicted molar refractivity (Wildman–Crippen MR) is 46.1 cm³/mol. The van der Waals surface area contributed by atoms with Crippen LogP contribution in [0, 0.1) is 0 Å². The summed E-state index contributed by atoms with van der Waals surface area (Å²) in [5.74, 6) is 1.03. The molecule has 0 aliphatic heterocycles.